The minimum Gasteiger partial charge on any atom is -0.495 e. The minimum atomic E-state index is -0.293. The van der Waals surface area contributed by atoms with Crippen molar-refractivity contribution in [3.63, 3.8) is 0 Å². The summed E-state index contributed by atoms with van der Waals surface area (Å²) in [4.78, 5) is 17.5. The second-order valence-electron chi connectivity index (χ2n) is 4.20. The first-order valence-electron chi connectivity index (χ1n) is 6.20. The normalized spacial score (nSPS) is 10.5. The van der Waals surface area contributed by atoms with Crippen LogP contribution in [-0.4, -0.2) is 22.4 Å². The molecule has 22 heavy (non-hydrogen) atoms. The summed E-state index contributed by atoms with van der Waals surface area (Å²) in [6, 6.07) is 8.70. The molecule has 1 N–H and O–H groups in total. The van der Waals surface area contributed by atoms with Crippen molar-refractivity contribution in [3.05, 3.63) is 46.3 Å². The van der Waals surface area contributed by atoms with Crippen LogP contribution < -0.4 is 10.1 Å². The van der Waals surface area contributed by atoms with Gasteiger partial charge in [0.1, 0.15) is 5.75 Å². The van der Waals surface area contributed by atoms with Gasteiger partial charge in [0.05, 0.1) is 17.0 Å². The number of hydrogen-bond acceptors (Lipinski definition) is 6. The van der Waals surface area contributed by atoms with Crippen molar-refractivity contribution in [3.8, 4) is 16.5 Å². The first kappa shape index (κ1) is 15.0. The highest BCUT2D eigenvalue weighted by Gasteiger charge is 2.13. The van der Waals surface area contributed by atoms with Crippen LogP contribution in [0, 0.1) is 0 Å². The Morgan fingerprint density at radius 2 is 2.23 bits per heavy atom. The van der Waals surface area contributed by atoms with E-state index >= 15 is 0 Å². The zero-order valence-electron chi connectivity index (χ0n) is 11.4. The molecule has 0 radical (unpaired) electrons. The summed E-state index contributed by atoms with van der Waals surface area (Å²) in [6.45, 7) is 0. The Morgan fingerprint density at radius 3 is 2.91 bits per heavy atom. The molecular weight excluding hydrogens is 342 g/mol. The Bertz CT molecular complexity index is 802. The molecule has 3 rings (SSSR count). The number of anilines is 1. The van der Waals surface area contributed by atoms with Gasteiger partial charge in [0, 0.05) is 17.1 Å². The van der Waals surface area contributed by atoms with Crippen molar-refractivity contribution in [1.82, 2.24) is 9.36 Å². The fraction of sp³-hybridized carbons (Fsp3) is 0.0714. The molecule has 0 fully saturated rings. The summed E-state index contributed by atoms with van der Waals surface area (Å²) in [5.74, 6) is 0.843. The molecule has 112 valence electrons. The molecule has 1 amide bonds. The van der Waals surface area contributed by atoms with E-state index in [1.54, 1.807) is 29.5 Å². The third-order valence-electron chi connectivity index (χ3n) is 2.80. The molecule has 1 aromatic carbocycles. The molecule has 0 saturated heterocycles. The third kappa shape index (κ3) is 3.11. The minimum absolute atomic E-state index is 0.293. The SMILES string of the molecule is COc1ccc(C(=O)Nc2nc(-c3cccs3)ns2)cc1Cl. The highest BCUT2D eigenvalue weighted by atomic mass is 35.5. The van der Waals surface area contributed by atoms with E-state index in [0.717, 1.165) is 16.4 Å². The van der Waals surface area contributed by atoms with Crippen LogP contribution in [0.5, 0.6) is 5.75 Å². The second-order valence-corrected chi connectivity index (χ2v) is 6.31. The van der Waals surface area contributed by atoms with Gasteiger partial charge >= 0.3 is 0 Å². The Hall–Kier alpha value is -1.96. The first-order valence-corrected chi connectivity index (χ1v) is 8.23. The van der Waals surface area contributed by atoms with Gasteiger partial charge < -0.3 is 4.74 Å². The number of carbonyl (C=O) groups excluding carboxylic acids is 1. The smallest absolute Gasteiger partial charge is 0.257 e. The molecule has 0 aliphatic heterocycles. The molecule has 0 bridgehead atoms. The van der Waals surface area contributed by atoms with E-state index in [1.807, 2.05) is 17.5 Å². The number of halogens is 1. The molecule has 0 aliphatic carbocycles. The van der Waals surface area contributed by atoms with E-state index in [0.29, 0.717) is 27.3 Å². The molecule has 5 nitrogen and oxygen atoms in total. The van der Waals surface area contributed by atoms with Crippen molar-refractivity contribution < 1.29 is 9.53 Å². The second kappa shape index (κ2) is 6.43. The van der Waals surface area contributed by atoms with E-state index in [-0.39, 0.29) is 5.91 Å². The Morgan fingerprint density at radius 1 is 1.36 bits per heavy atom. The van der Waals surface area contributed by atoms with Crippen molar-refractivity contribution in [1.29, 1.82) is 0 Å². The summed E-state index contributed by atoms with van der Waals surface area (Å²) in [7, 11) is 1.52. The number of ether oxygens (including phenoxy) is 1. The molecule has 0 atom stereocenters. The summed E-state index contributed by atoms with van der Waals surface area (Å²) in [5.41, 5.74) is 0.429. The topological polar surface area (TPSA) is 64.1 Å². The van der Waals surface area contributed by atoms with Crippen LogP contribution in [0.1, 0.15) is 10.4 Å². The quantitative estimate of drug-likeness (QED) is 0.765. The number of rotatable bonds is 4. The summed E-state index contributed by atoms with van der Waals surface area (Å²) in [6.07, 6.45) is 0. The number of nitrogens with zero attached hydrogens (tertiary/aromatic N) is 2. The van der Waals surface area contributed by atoms with Gasteiger partial charge in [-0.1, -0.05) is 17.7 Å². The summed E-state index contributed by atoms with van der Waals surface area (Å²) < 4.78 is 9.29. The summed E-state index contributed by atoms with van der Waals surface area (Å²) >= 11 is 8.71. The lowest BCUT2D eigenvalue weighted by Crippen LogP contribution is -2.11. The van der Waals surface area contributed by atoms with Gasteiger partial charge in [0.2, 0.25) is 5.13 Å². The zero-order valence-corrected chi connectivity index (χ0v) is 13.8. The van der Waals surface area contributed by atoms with Gasteiger partial charge in [0.15, 0.2) is 5.82 Å². The maximum atomic E-state index is 12.2. The number of methoxy groups -OCH3 is 1. The van der Waals surface area contributed by atoms with E-state index in [1.165, 1.54) is 7.11 Å². The Kier molecular flexibility index (Phi) is 4.37. The molecular formula is C14H10ClN3O2S2. The van der Waals surface area contributed by atoms with Crippen LogP contribution in [0.3, 0.4) is 0 Å². The van der Waals surface area contributed by atoms with E-state index in [2.05, 4.69) is 14.7 Å². The lowest BCUT2D eigenvalue weighted by molar-refractivity contribution is 0.102. The third-order valence-corrected chi connectivity index (χ3v) is 4.59. The standard InChI is InChI=1S/C14H10ClN3O2S2/c1-20-10-5-4-8(7-9(10)15)13(19)17-14-16-12(18-22-14)11-3-2-6-21-11/h2-7H,1H3,(H,16,17,18,19). The van der Waals surface area contributed by atoms with Crippen molar-refractivity contribution in [2.24, 2.45) is 0 Å². The van der Waals surface area contributed by atoms with E-state index in [9.17, 15) is 4.79 Å². The predicted molar refractivity (Wildman–Crippen MR) is 89.2 cm³/mol. The number of amides is 1. The van der Waals surface area contributed by atoms with Gasteiger partial charge in [-0.05, 0) is 29.6 Å². The molecule has 0 aliphatic rings. The van der Waals surface area contributed by atoms with Gasteiger partial charge in [-0.15, -0.1) is 11.3 Å². The van der Waals surface area contributed by atoms with Crippen LogP contribution in [0.4, 0.5) is 5.13 Å². The highest BCUT2D eigenvalue weighted by molar-refractivity contribution is 7.14. The fourth-order valence-corrected chi connectivity index (χ4v) is 3.31. The Labute approximate surface area is 139 Å². The molecule has 2 heterocycles. The number of nitrogens with one attached hydrogen (secondary N) is 1. The van der Waals surface area contributed by atoms with Crippen LogP contribution in [0.15, 0.2) is 35.7 Å². The van der Waals surface area contributed by atoms with Gasteiger partial charge in [-0.25, -0.2) is 0 Å². The molecule has 8 heteroatoms. The maximum Gasteiger partial charge on any atom is 0.257 e. The zero-order chi connectivity index (χ0) is 15.5. The van der Waals surface area contributed by atoms with Gasteiger partial charge in [0.25, 0.3) is 5.91 Å². The van der Waals surface area contributed by atoms with Crippen LogP contribution in [-0.2, 0) is 0 Å². The predicted octanol–water partition coefficient (Wildman–Crippen LogP) is 4.18. The number of carbonyl (C=O) groups is 1. The van der Waals surface area contributed by atoms with Gasteiger partial charge in [-0.3, -0.25) is 10.1 Å². The van der Waals surface area contributed by atoms with Crippen molar-refractivity contribution in [2.75, 3.05) is 12.4 Å². The van der Waals surface area contributed by atoms with Gasteiger partial charge in [-0.2, -0.15) is 9.36 Å². The van der Waals surface area contributed by atoms with E-state index in [4.69, 9.17) is 16.3 Å². The molecule has 0 spiro atoms. The number of hydrogen-bond donors (Lipinski definition) is 1. The Balaban J connectivity index is 1.76. The average molecular weight is 352 g/mol. The fourth-order valence-electron chi connectivity index (χ4n) is 1.76. The monoisotopic (exact) mass is 351 g/mol. The van der Waals surface area contributed by atoms with Crippen LogP contribution >= 0.6 is 34.5 Å². The largest absolute Gasteiger partial charge is 0.495 e. The lowest BCUT2D eigenvalue weighted by atomic mass is 10.2. The first-order chi connectivity index (χ1) is 10.7. The number of aromatic nitrogens is 2. The molecule has 2 aromatic heterocycles. The summed E-state index contributed by atoms with van der Waals surface area (Å²) in [5, 5.41) is 5.49. The van der Waals surface area contributed by atoms with Crippen LogP contribution in [0.2, 0.25) is 5.02 Å². The average Bonchev–Trinajstić information content (AvgIpc) is 3.17. The number of benzene rings is 1. The molecule has 3 aromatic rings. The van der Waals surface area contributed by atoms with Crippen molar-refractivity contribution >= 4 is 45.5 Å². The highest BCUT2D eigenvalue weighted by Crippen LogP contribution is 2.27. The molecule has 0 saturated carbocycles. The van der Waals surface area contributed by atoms with Crippen molar-refractivity contribution in [2.45, 2.75) is 0 Å². The van der Waals surface area contributed by atoms with E-state index < -0.39 is 0 Å². The molecule has 0 unspecified atom stereocenters. The maximum absolute atomic E-state index is 12.2. The number of thiophene rings is 1. The lowest BCUT2D eigenvalue weighted by Gasteiger charge is -2.05. The van der Waals surface area contributed by atoms with Crippen LogP contribution in [0.25, 0.3) is 10.7 Å².